The third-order valence-corrected chi connectivity index (χ3v) is 4.13. The van der Waals surface area contributed by atoms with E-state index in [0.29, 0.717) is 29.4 Å². The number of fused-ring (bicyclic) bond motifs is 1. The van der Waals surface area contributed by atoms with E-state index in [1.165, 1.54) is 12.1 Å². The van der Waals surface area contributed by atoms with E-state index in [4.69, 9.17) is 5.73 Å². The van der Waals surface area contributed by atoms with Crippen LogP contribution < -0.4 is 11.1 Å². The molecule has 0 aliphatic heterocycles. The van der Waals surface area contributed by atoms with Gasteiger partial charge in [-0.1, -0.05) is 24.3 Å². The van der Waals surface area contributed by atoms with E-state index < -0.39 is 0 Å². The second kappa shape index (κ2) is 4.87. The van der Waals surface area contributed by atoms with Crippen molar-refractivity contribution in [1.29, 1.82) is 0 Å². The van der Waals surface area contributed by atoms with Crippen LogP contribution in [-0.4, -0.2) is 19.0 Å². The smallest absolute Gasteiger partial charge is 0.251 e. The minimum Gasteiger partial charge on any atom is -0.351 e. The number of rotatable bonds is 4. The number of nitrogens with two attached hydrogens (primary N) is 1. The van der Waals surface area contributed by atoms with Crippen molar-refractivity contribution in [3.8, 4) is 0 Å². The van der Waals surface area contributed by atoms with Gasteiger partial charge in [0.05, 0.1) is 0 Å². The molecule has 0 unspecified atom stereocenters. The lowest BCUT2D eigenvalue weighted by Gasteiger charge is -2.14. The Morgan fingerprint density at radius 1 is 1.20 bits per heavy atom. The lowest BCUT2D eigenvalue weighted by atomic mass is 10.0. The monoisotopic (exact) mass is 272 g/mol. The summed E-state index contributed by atoms with van der Waals surface area (Å²) in [6.45, 7) is 1.19. The van der Waals surface area contributed by atoms with Crippen molar-refractivity contribution < 1.29 is 9.18 Å². The number of hydrogen-bond donors (Lipinski definition) is 2. The predicted molar refractivity (Wildman–Crippen MR) is 77.0 cm³/mol. The molecule has 0 spiro atoms. The number of benzene rings is 2. The highest BCUT2D eigenvalue weighted by molar-refractivity contribution is 6.07. The van der Waals surface area contributed by atoms with Gasteiger partial charge in [0.1, 0.15) is 5.82 Å². The Balaban J connectivity index is 1.86. The van der Waals surface area contributed by atoms with Crippen molar-refractivity contribution >= 4 is 16.7 Å². The fourth-order valence-corrected chi connectivity index (χ4v) is 2.45. The Hall–Kier alpha value is -1.94. The Bertz CT molecular complexity index is 665. The summed E-state index contributed by atoms with van der Waals surface area (Å²) in [6, 6.07) is 9.90. The van der Waals surface area contributed by atoms with Gasteiger partial charge in [0.2, 0.25) is 0 Å². The normalized spacial score (nSPS) is 16.1. The van der Waals surface area contributed by atoms with Crippen molar-refractivity contribution in [2.75, 3.05) is 13.1 Å². The molecule has 0 bridgehead atoms. The SMILES string of the molecule is NCC1(CNC(=O)c2ccc(F)c3ccccc23)CC1. The molecule has 2 aromatic rings. The van der Waals surface area contributed by atoms with Crippen molar-refractivity contribution in [3.63, 3.8) is 0 Å². The molecule has 0 heterocycles. The van der Waals surface area contributed by atoms with Crippen molar-refractivity contribution in [1.82, 2.24) is 5.32 Å². The molecule has 20 heavy (non-hydrogen) atoms. The van der Waals surface area contributed by atoms with E-state index in [9.17, 15) is 9.18 Å². The number of amides is 1. The lowest BCUT2D eigenvalue weighted by molar-refractivity contribution is 0.0947. The molecule has 2 aromatic carbocycles. The van der Waals surface area contributed by atoms with Gasteiger partial charge in [0.15, 0.2) is 0 Å². The van der Waals surface area contributed by atoms with Crippen molar-refractivity contribution in [2.24, 2.45) is 11.1 Å². The molecular formula is C16H17FN2O. The summed E-state index contributed by atoms with van der Waals surface area (Å²) in [6.07, 6.45) is 2.13. The van der Waals surface area contributed by atoms with Gasteiger partial charge in [-0.05, 0) is 36.9 Å². The van der Waals surface area contributed by atoms with Crippen LogP contribution in [0.5, 0.6) is 0 Å². The number of nitrogens with one attached hydrogen (secondary N) is 1. The van der Waals surface area contributed by atoms with Gasteiger partial charge in [-0.2, -0.15) is 0 Å². The molecule has 1 aliphatic rings. The fourth-order valence-electron chi connectivity index (χ4n) is 2.45. The molecule has 1 fully saturated rings. The Morgan fingerprint density at radius 3 is 2.55 bits per heavy atom. The third kappa shape index (κ3) is 2.27. The minimum atomic E-state index is -0.308. The molecular weight excluding hydrogens is 255 g/mol. The maximum atomic E-state index is 13.7. The molecule has 3 nitrogen and oxygen atoms in total. The second-order valence-corrected chi connectivity index (χ2v) is 5.53. The first-order chi connectivity index (χ1) is 9.65. The van der Waals surface area contributed by atoms with Gasteiger partial charge in [0.25, 0.3) is 5.91 Å². The lowest BCUT2D eigenvalue weighted by Crippen LogP contribution is -2.34. The highest BCUT2D eigenvalue weighted by Gasteiger charge is 2.41. The third-order valence-electron chi connectivity index (χ3n) is 4.13. The van der Waals surface area contributed by atoms with Crippen LogP contribution in [0, 0.1) is 11.2 Å². The summed E-state index contributed by atoms with van der Waals surface area (Å²) < 4.78 is 13.7. The fraction of sp³-hybridized carbons (Fsp3) is 0.312. The van der Waals surface area contributed by atoms with Crippen LogP contribution in [-0.2, 0) is 0 Å². The first-order valence-corrected chi connectivity index (χ1v) is 6.81. The molecule has 0 aromatic heterocycles. The molecule has 1 aliphatic carbocycles. The summed E-state index contributed by atoms with van der Waals surface area (Å²) in [5, 5.41) is 4.04. The highest BCUT2D eigenvalue weighted by Crippen LogP contribution is 2.43. The summed E-state index contributed by atoms with van der Waals surface area (Å²) in [5.74, 6) is -0.473. The van der Waals surface area contributed by atoms with E-state index in [0.717, 1.165) is 12.8 Å². The largest absolute Gasteiger partial charge is 0.351 e. The molecule has 4 heteroatoms. The van der Waals surface area contributed by atoms with Gasteiger partial charge in [0, 0.05) is 22.9 Å². The summed E-state index contributed by atoms with van der Waals surface area (Å²) in [4.78, 5) is 12.3. The second-order valence-electron chi connectivity index (χ2n) is 5.53. The zero-order chi connectivity index (χ0) is 14.2. The van der Waals surface area contributed by atoms with E-state index in [-0.39, 0.29) is 17.1 Å². The predicted octanol–water partition coefficient (Wildman–Crippen LogP) is 2.45. The van der Waals surface area contributed by atoms with Crippen LogP contribution in [0.2, 0.25) is 0 Å². The zero-order valence-electron chi connectivity index (χ0n) is 11.2. The van der Waals surface area contributed by atoms with Gasteiger partial charge in [-0.15, -0.1) is 0 Å². The van der Waals surface area contributed by atoms with E-state index in [1.54, 1.807) is 24.3 Å². The standard InChI is InChI=1S/C16H17FN2O/c17-14-6-5-13(11-3-1-2-4-12(11)14)15(20)19-10-16(9-18)7-8-16/h1-6H,7-10,18H2,(H,19,20). The van der Waals surface area contributed by atoms with Crippen LogP contribution in [0.15, 0.2) is 36.4 Å². The number of halogens is 1. The Labute approximate surface area is 117 Å². The minimum absolute atomic E-state index is 0.0888. The van der Waals surface area contributed by atoms with Crippen LogP contribution in [0.1, 0.15) is 23.2 Å². The number of hydrogen-bond acceptors (Lipinski definition) is 2. The molecule has 3 rings (SSSR count). The van der Waals surface area contributed by atoms with Gasteiger partial charge < -0.3 is 11.1 Å². The van der Waals surface area contributed by atoms with Gasteiger partial charge in [-0.25, -0.2) is 4.39 Å². The molecule has 0 atom stereocenters. The van der Waals surface area contributed by atoms with Gasteiger partial charge in [-0.3, -0.25) is 4.79 Å². The molecule has 104 valence electrons. The topological polar surface area (TPSA) is 55.1 Å². The van der Waals surface area contributed by atoms with Crippen LogP contribution in [0.4, 0.5) is 4.39 Å². The average molecular weight is 272 g/mol. The van der Waals surface area contributed by atoms with E-state index in [1.807, 2.05) is 0 Å². The van der Waals surface area contributed by atoms with E-state index >= 15 is 0 Å². The maximum Gasteiger partial charge on any atom is 0.251 e. The number of carbonyl (C=O) groups excluding carboxylic acids is 1. The average Bonchev–Trinajstić information content (AvgIpc) is 3.26. The van der Waals surface area contributed by atoms with Crippen molar-refractivity contribution in [3.05, 3.63) is 47.8 Å². The van der Waals surface area contributed by atoms with Crippen molar-refractivity contribution in [2.45, 2.75) is 12.8 Å². The highest BCUT2D eigenvalue weighted by atomic mass is 19.1. The van der Waals surface area contributed by atoms with Crippen LogP contribution in [0.25, 0.3) is 10.8 Å². The first-order valence-electron chi connectivity index (χ1n) is 6.81. The maximum absolute atomic E-state index is 13.7. The summed E-state index contributed by atoms with van der Waals surface area (Å²) >= 11 is 0. The first kappa shape index (κ1) is 13.1. The van der Waals surface area contributed by atoms with E-state index in [2.05, 4.69) is 5.32 Å². The molecule has 0 radical (unpaired) electrons. The molecule has 1 amide bonds. The quantitative estimate of drug-likeness (QED) is 0.898. The van der Waals surface area contributed by atoms with Crippen LogP contribution in [0.3, 0.4) is 0 Å². The summed E-state index contributed by atoms with van der Waals surface area (Å²) in [7, 11) is 0. The number of carbonyl (C=O) groups is 1. The Kier molecular flexibility index (Phi) is 3.18. The molecule has 3 N–H and O–H groups in total. The molecule has 1 saturated carbocycles. The Morgan fingerprint density at radius 2 is 1.90 bits per heavy atom. The van der Waals surface area contributed by atoms with Gasteiger partial charge >= 0.3 is 0 Å². The zero-order valence-corrected chi connectivity index (χ0v) is 11.2. The summed E-state index contributed by atoms with van der Waals surface area (Å²) in [5.41, 5.74) is 6.30. The van der Waals surface area contributed by atoms with Crippen LogP contribution >= 0.6 is 0 Å². The molecule has 0 saturated heterocycles.